The standard InChI is InChI=1S/C18H23NO3S/c1-12(2)22-15-8-13(9-16-14(15)4-7-23-16)17(21)19-10-18(11-20)5-3-6-18/h4,7-9,12,20H,3,5-6,10-11H2,1-2H3,(H,19,21). The lowest BCUT2D eigenvalue weighted by Gasteiger charge is -2.40. The van der Waals surface area contributed by atoms with Crippen molar-refractivity contribution in [3.63, 3.8) is 0 Å². The van der Waals surface area contributed by atoms with Crippen LogP contribution in [-0.2, 0) is 0 Å². The summed E-state index contributed by atoms with van der Waals surface area (Å²) in [6.07, 6.45) is 3.15. The maximum Gasteiger partial charge on any atom is 0.251 e. The number of amides is 1. The van der Waals surface area contributed by atoms with Crippen LogP contribution in [0.3, 0.4) is 0 Å². The van der Waals surface area contributed by atoms with Gasteiger partial charge in [-0.25, -0.2) is 0 Å². The number of ether oxygens (including phenoxy) is 1. The van der Waals surface area contributed by atoms with Gasteiger partial charge in [0.05, 0.1) is 12.7 Å². The maximum absolute atomic E-state index is 12.5. The second kappa shape index (κ2) is 6.49. The van der Waals surface area contributed by atoms with Gasteiger partial charge in [0, 0.05) is 27.6 Å². The molecular formula is C18H23NO3S. The number of carbonyl (C=O) groups is 1. The Morgan fingerprint density at radius 2 is 2.22 bits per heavy atom. The fourth-order valence-corrected chi connectivity index (χ4v) is 3.80. The van der Waals surface area contributed by atoms with Gasteiger partial charge in [-0.1, -0.05) is 6.42 Å². The molecule has 0 spiro atoms. The largest absolute Gasteiger partial charge is 0.490 e. The minimum absolute atomic E-state index is 0.0593. The molecule has 23 heavy (non-hydrogen) atoms. The number of rotatable bonds is 6. The van der Waals surface area contributed by atoms with E-state index in [2.05, 4.69) is 5.32 Å². The lowest BCUT2D eigenvalue weighted by atomic mass is 9.69. The third-order valence-electron chi connectivity index (χ3n) is 4.53. The molecular weight excluding hydrogens is 310 g/mol. The molecule has 1 amide bonds. The van der Waals surface area contributed by atoms with E-state index in [1.807, 2.05) is 37.4 Å². The van der Waals surface area contributed by atoms with Crippen LogP contribution in [0.4, 0.5) is 0 Å². The average Bonchev–Trinajstić information content (AvgIpc) is 2.94. The summed E-state index contributed by atoms with van der Waals surface area (Å²) >= 11 is 1.60. The minimum atomic E-state index is -0.111. The molecule has 0 saturated heterocycles. The van der Waals surface area contributed by atoms with E-state index in [-0.39, 0.29) is 24.0 Å². The molecule has 1 aromatic carbocycles. The van der Waals surface area contributed by atoms with Gasteiger partial charge >= 0.3 is 0 Å². The van der Waals surface area contributed by atoms with Crippen LogP contribution in [0.1, 0.15) is 43.5 Å². The molecule has 0 bridgehead atoms. The monoisotopic (exact) mass is 333 g/mol. The van der Waals surface area contributed by atoms with Gasteiger partial charge in [-0.15, -0.1) is 11.3 Å². The van der Waals surface area contributed by atoms with E-state index in [4.69, 9.17) is 4.74 Å². The number of aliphatic hydroxyl groups is 1. The molecule has 0 radical (unpaired) electrons. The van der Waals surface area contributed by atoms with Gasteiger partial charge in [0.2, 0.25) is 0 Å². The fourth-order valence-electron chi connectivity index (χ4n) is 2.96. The summed E-state index contributed by atoms with van der Waals surface area (Å²) in [5.41, 5.74) is 0.503. The second-order valence-electron chi connectivity index (χ2n) is 6.67. The number of nitrogens with one attached hydrogen (secondary N) is 1. The van der Waals surface area contributed by atoms with Crippen molar-refractivity contribution in [3.8, 4) is 5.75 Å². The van der Waals surface area contributed by atoms with Crippen molar-refractivity contribution in [2.24, 2.45) is 5.41 Å². The molecule has 5 heteroatoms. The van der Waals surface area contributed by atoms with Gasteiger partial charge < -0.3 is 15.2 Å². The van der Waals surface area contributed by atoms with Gasteiger partial charge in [-0.05, 0) is 50.3 Å². The molecule has 0 atom stereocenters. The summed E-state index contributed by atoms with van der Waals surface area (Å²) in [5, 5.41) is 15.5. The van der Waals surface area contributed by atoms with Gasteiger partial charge in [-0.2, -0.15) is 0 Å². The van der Waals surface area contributed by atoms with E-state index in [1.54, 1.807) is 11.3 Å². The van der Waals surface area contributed by atoms with E-state index in [0.29, 0.717) is 12.1 Å². The van der Waals surface area contributed by atoms with Gasteiger partial charge in [0.25, 0.3) is 5.91 Å². The molecule has 3 rings (SSSR count). The minimum Gasteiger partial charge on any atom is -0.490 e. The Morgan fingerprint density at radius 1 is 1.43 bits per heavy atom. The highest BCUT2D eigenvalue weighted by Crippen LogP contribution is 2.39. The number of fused-ring (bicyclic) bond motifs is 1. The van der Waals surface area contributed by atoms with Crippen molar-refractivity contribution in [1.82, 2.24) is 5.32 Å². The highest BCUT2D eigenvalue weighted by atomic mass is 32.1. The van der Waals surface area contributed by atoms with Crippen molar-refractivity contribution < 1.29 is 14.6 Å². The summed E-state index contributed by atoms with van der Waals surface area (Å²) in [7, 11) is 0. The molecule has 2 aromatic rings. The summed E-state index contributed by atoms with van der Waals surface area (Å²) in [6, 6.07) is 5.75. The summed E-state index contributed by atoms with van der Waals surface area (Å²) < 4.78 is 6.91. The van der Waals surface area contributed by atoms with Crippen LogP contribution < -0.4 is 10.1 Å². The highest BCUT2D eigenvalue weighted by Gasteiger charge is 2.36. The molecule has 1 aliphatic rings. The van der Waals surface area contributed by atoms with Crippen LogP contribution in [0.15, 0.2) is 23.6 Å². The number of benzene rings is 1. The molecule has 1 aromatic heterocycles. The summed E-state index contributed by atoms with van der Waals surface area (Å²) in [5.74, 6) is 0.651. The van der Waals surface area contributed by atoms with E-state index < -0.39 is 0 Å². The van der Waals surface area contributed by atoms with Crippen LogP contribution in [0.25, 0.3) is 10.1 Å². The predicted molar refractivity (Wildman–Crippen MR) is 93.3 cm³/mol. The molecule has 4 nitrogen and oxygen atoms in total. The zero-order chi connectivity index (χ0) is 16.4. The molecule has 1 aliphatic carbocycles. The van der Waals surface area contributed by atoms with Crippen LogP contribution in [0, 0.1) is 5.41 Å². The first kappa shape index (κ1) is 16.3. The van der Waals surface area contributed by atoms with Crippen molar-refractivity contribution in [3.05, 3.63) is 29.1 Å². The second-order valence-corrected chi connectivity index (χ2v) is 7.62. The molecule has 1 heterocycles. The van der Waals surface area contributed by atoms with Crippen LogP contribution >= 0.6 is 11.3 Å². The van der Waals surface area contributed by atoms with Crippen LogP contribution in [0.2, 0.25) is 0 Å². The SMILES string of the molecule is CC(C)Oc1cc(C(=O)NCC2(CO)CCC2)cc2sccc12. The quantitative estimate of drug-likeness (QED) is 0.849. The molecule has 1 fully saturated rings. The Balaban J connectivity index is 1.79. The Labute approximate surface area is 140 Å². The zero-order valence-corrected chi connectivity index (χ0v) is 14.4. The topological polar surface area (TPSA) is 58.6 Å². The molecule has 0 unspecified atom stereocenters. The fraction of sp³-hybridized carbons (Fsp3) is 0.500. The summed E-state index contributed by atoms with van der Waals surface area (Å²) in [4.78, 5) is 12.5. The van der Waals surface area contributed by atoms with Gasteiger partial charge in [-0.3, -0.25) is 4.79 Å². The average molecular weight is 333 g/mol. The lowest BCUT2D eigenvalue weighted by Crippen LogP contribution is -2.44. The highest BCUT2D eigenvalue weighted by molar-refractivity contribution is 7.17. The first-order chi connectivity index (χ1) is 11.0. The number of thiophene rings is 1. The predicted octanol–water partition coefficient (Wildman–Crippen LogP) is 3.58. The van der Waals surface area contributed by atoms with Crippen molar-refractivity contribution in [2.75, 3.05) is 13.2 Å². The summed E-state index contributed by atoms with van der Waals surface area (Å²) in [6.45, 7) is 4.63. The van der Waals surface area contributed by atoms with Gasteiger partial charge in [0.15, 0.2) is 0 Å². The Kier molecular flexibility index (Phi) is 4.60. The van der Waals surface area contributed by atoms with Crippen molar-refractivity contribution in [1.29, 1.82) is 0 Å². The molecule has 1 saturated carbocycles. The Morgan fingerprint density at radius 3 is 2.83 bits per heavy atom. The lowest BCUT2D eigenvalue weighted by molar-refractivity contribution is 0.0429. The molecule has 124 valence electrons. The molecule has 0 aliphatic heterocycles. The normalized spacial score (nSPS) is 16.3. The van der Waals surface area contributed by atoms with E-state index in [0.717, 1.165) is 35.1 Å². The first-order valence-corrected chi connectivity index (χ1v) is 8.98. The van der Waals surface area contributed by atoms with E-state index >= 15 is 0 Å². The van der Waals surface area contributed by atoms with Crippen molar-refractivity contribution >= 4 is 27.3 Å². The van der Waals surface area contributed by atoms with E-state index in [9.17, 15) is 9.90 Å². The Hall–Kier alpha value is -1.59. The van der Waals surface area contributed by atoms with Crippen LogP contribution in [-0.4, -0.2) is 30.3 Å². The van der Waals surface area contributed by atoms with Gasteiger partial charge in [0.1, 0.15) is 5.75 Å². The van der Waals surface area contributed by atoms with Crippen LogP contribution in [0.5, 0.6) is 5.75 Å². The maximum atomic E-state index is 12.5. The number of aliphatic hydroxyl groups excluding tert-OH is 1. The third-order valence-corrected chi connectivity index (χ3v) is 5.40. The zero-order valence-electron chi connectivity index (χ0n) is 13.6. The number of hydrogen-bond donors (Lipinski definition) is 2. The smallest absolute Gasteiger partial charge is 0.251 e. The van der Waals surface area contributed by atoms with Crippen molar-refractivity contribution in [2.45, 2.75) is 39.2 Å². The molecule has 2 N–H and O–H groups in total. The number of carbonyl (C=O) groups excluding carboxylic acids is 1. The number of hydrogen-bond acceptors (Lipinski definition) is 4. The Bertz CT molecular complexity index is 698. The van der Waals surface area contributed by atoms with E-state index in [1.165, 1.54) is 0 Å². The third kappa shape index (κ3) is 3.35. The first-order valence-electron chi connectivity index (χ1n) is 8.10.